The van der Waals surface area contributed by atoms with Gasteiger partial charge in [-0.1, -0.05) is 52.4 Å². The molecule has 3 heterocycles. The third-order valence-corrected chi connectivity index (χ3v) is 14.0. The van der Waals surface area contributed by atoms with Crippen molar-refractivity contribution in [3.8, 4) is 5.75 Å². The van der Waals surface area contributed by atoms with E-state index < -0.39 is 44.2 Å². The monoisotopic (exact) mass is 747 g/mol. The van der Waals surface area contributed by atoms with Gasteiger partial charge in [-0.15, -0.1) is 0 Å². The number of aryl methyl sites for hydroxylation is 1. The number of amides is 2. The van der Waals surface area contributed by atoms with Crippen molar-refractivity contribution < 1.29 is 31.9 Å². The standard InChI is InChI=1S/C40H47FN3O6PS/c1-25-13-14-31-32(17-25)42-36(51)21-35(31)50-30-20-33-34(45)23-40(38(47)43-52(48,49)39(2)15-16-39)22-28(40)11-7-5-3-4-6-10-27(37(46)44(33)24-30)18-26-9-8-12-29(41)19-26/h7-9,11-14,17,19,21,27-28,30,33H,3-6,10,15-16,18,20,22-24,51H2,1-2H3,(H,43,47)/b11-7-/t27-,28-,30-,33+,40-/m1/s1. The van der Waals surface area contributed by atoms with Crippen molar-refractivity contribution in [3.05, 3.63) is 77.6 Å². The number of hydrogen-bond donors (Lipinski definition) is 1. The van der Waals surface area contributed by atoms with Gasteiger partial charge < -0.3 is 9.64 Å². The highest BCUT2D eigenvalue weighted by Gasteiger charge is 2.62. The molecule has 3 fully saturated rings. The van der Waals surface area contributed by atoms with Gasteiger partial charge in [0, 0.05) is 30.2 Å². The largest absolute Gasteiger partial charge is 0.488 e. The lowest BCUT2D eigenvalue weighted by Crippen LogP contribution is -2.47. The summed E-state index contributed by atoms with van der Waals surface area (Å²) >= 11 is 0. The second-order valence-electron chi connectivity index (χ2n) is 15.6. The maximum atomic E-state index is 14.7. The van der Waals surface area contributed by atoms with Gasteiger partial charge in [0.15, 0.2) is 5.78 Å². The van der Waals surface area contributed by atoms with E-state index in [1.165, 1.54) is 12.1 Å². The molecule has 2 saturated carbocycles. The molecule has 0 bridgehead atoms. The smallest absolute Gasteiger partial charge is 0.240 e. The van der Waals surface area contributed by atoms with Crippen molar-refractivity contribution in [2.75, 3.05) is 6.54 Å². The van der Waals surface area contributed by atoms with Gasteiger partial charge in [-0.05, 0) is 100 Å². The van der Waals surface area contributed by atoms with E-state index in [9.17, 15) is 27.2 Å². The summed E-state index contributed by atoms with van der Waals surface area (Å²) in [5.41, 5.74) is 2.02. The molecule has 7 rings (SSSR count). The van der Waals surface area contributed by atoms with Crippen molar-refractivity contribution in [3.63, 3.8) is 0 Å². The van der Waals surface area contributed by atoms with Gasteiger partial charge in [-0.3, -0.25) is 19.1 Å². The number of carbonyl (C=O) groups is 3. The average molecular weight is 748 g/mol. The first-order valence-electron chi connectivity index (χ1n) is 18.4. The van der Waals surface area contributed by atoms with Crippen LogP contribution in [0.3, 0.4) is 0 Å². The van der Waals surface area contributed by atoms with Crippen LogP contribution in [-0.2, 0) is 30.8 Å². The molecule has 1 unspecified atom stereocenters. The number of nitrogens with one attached hydrogen (secondary N) is 1. The number of pyridine rings is 1. The Kier molecular flexibility index (Phi) is 10.1. The molecule has 9 nitrogen and oxygen atoms in total. The lowest BCUT2D eigenvalue weighted by molar-refractivity contribution is -0.142. The topological polar surface area (TPSA) is 123 Å². The molecule has 0 spiro atoms. The van der Waals surface area contributed by atoms with E-state index in [1.807, 2.05) is 49.4 Å². The van der Waals surface area contributed by atoms with E-state index >= 15 is 0 Å². The highest BCUT2D eigenvalue weighted by atomic mass is 32.2. The normalized spacial score (nSPS) is 28.3. The maximum Gasteiger partial charge on any atom is 0.240 e. The predicted molar refractivity (Wildman–Crippen MR) is 201 cm³/mol. The van der Waals surface area contributed by atoms with Crippen LogP contribution < -0.4 is 14.9 Å². The van der Waals surface area contributed by atoms with Crippen molar-refractivity contribution >= 4 is 53.2 Å². The molecule has 52 heavy (non-hydrogen) atoms. The molecule has 1 aromatic heterocycles. The lowest BCUT2D eigenvalue weighted by atomic mass is 9.90. The number of carbonyl (C=O) groups excluding carboxylic acids is 3. The Morgan fingerprint density at radius 1 is 1.12 bits per heavy atom. The first kappa shape index (κ1) is 36.7. The highest BCUT2D eigenvalue weighted by molar-refractivity contribution is 7.91. The Morgan fingerprint density at radius 3 is 2.69 bits per heavy atom. The minimum atomic E-state index is -3.92. The molecule has 2 aromatic carbocycles. The summed E-state index contributed by atoms with van der Waals surface area (Å²) in [4.78, 5) is 49.4. The molecular weight excluding hydrogens is 700 g/mol. The molecule has 2 aliphatic heterocycles. The van der Waals surface area contributed by atoms with Crippen molar-refractivity contribution in [1.29, 1.82) is 0 Å². The Morgan fingerprint density at radius 2 is 1.92 bits per heavy atom. The Hall–Kier alpha value is -3.69. The fourth-order valence-corrected chi connectivity index (χ4v) is 9.60. The van der Waals surface area contributed by atoms with E-state index in [0.717, 1.165) is 42.1 Å². The third kappa shape index (κ3) is 7.54. The summed E-state index contributed by atoms with van der Waals surface area (Å²) in [6, 6.07) is 13.2. The first-order valence-corrected chi connectivity index (χ1v) is 20.5. The Labute approximate surface area is 307 Å². The predicted octanol–water partition coefficient (Wildman–Crippen LogP) is 5.87. The van der Waals surface area contributed by atoms with Gasteiger partial charge in [0.1, 0.15) is 17.7 Å². The number of fused-ring (bicyclic) bond motifs is 3. The average Bonchev–Trinajstić information content (AvgIpc) is 3.96. The van der Waals surface area contributed by atoms with Crippen LogP contribution in [-0.4, -0.2) is 59.3 Å². The fraction of sp³-hybridized carbons (Fsp3) is 0.500. The van der Waals surface area contributed by atoms with Crippen molar-refractivity contribution in [2.45, 2.75) is 101 Å². The van der Waals surface area contributed by atoms with Gasteiger partial charge in [-0.25, -0.2) is 17.8 Å². The number of sulfonamides is 1. The van der Waals surface area contributed by atoms with Crippen LogP contribution >= 0.6 is 9.24 Å². The molecule has 276 valence electrons. The molecular formula is C40H47FN3O6PS. The fourth-order valence-electron chi connectivity index (χ4n) is 7.97. The quantitative estimate of drug-likeness (QED) is 0.237. The second-order valence-corrected chi connectivity index (χ2v) is 18.4. The second kappa shape index (κ2) is 14.3. The van der Waals surface area contributed by atoms with Crippen LogP contribution in [0.5, 0.6) is 5.75 Å². The van der Waals surface area contributed by atoms with E-state index in [4.69, 9.17) is 4.74 Å². The number of Topliss-reactive ketones (excluding diaryl/α,β-unsaturated/α-hetero) is 1. The van der Waals surface area contributed by atoms with Crippen LogP contribution in [0.25, 0.3) is 10.9 Å². The number of nitrogens with zero attached hydrogens (tertiary/aromatic N) is 2. The van der Waals surface area contributed by atoms with E-state index in [0.29, 0.717) is 48.9 Å². The van der Waals surface area contributed by atoms with E-state index in [1.54, 1.807) is 17.9 Å². The number of allylic oxidation sites excluding steroid dienone is 2. The minimum absolute atomic E-state index is 0.159. The zero-order chi connectivity index (χ0) is 36.8. The number of benzene rings is 2. The molecule has 1 N–H and O–H groups in total. The van der Waals surface area contributed by atoms with Crippen LogP contribution in [0.4, 0.5) is 4.39 Å². The zero-order valence-corrected chi connectivity index (χ0v) is 31.7. The molecule has 2 aliphatic carbocycles. The van der Waals surface area contributed by atoms with Crippen LogP contribution in [0.15, 0.2) is 60.7 Å². The summed E-state index contributed by atoms with van der Waals surface area (Å²) in [6.45, 7) is 3.78. The van der Waals surface area contributed by atoms with Crippen LogP contribution in [0, 0.1) is 30.0 Å². The van der Waals surface area contributed by atoms with E-state index in [-0.39, 0.29) is 42.8 Å². The van der Waals surface area contributed by atoms with Gasteiger partial charge in [0.25, 0.3) is 0 Å². The summed E-state index contributed by atoms with van der Waals surface area (Å²) in [5, 5.41) is 0.816. The van der Waals surface area contributed by atoms with Gasteiger partial charge in [0.2, 0.25) is 21.8 Å². The molecule has 0 radical (unpaired) electrons. The summed E-state index contributed by atoms with van der Waals surface area (Å²) in [5.74, 6) is -1.68. The Bertz CT molecular complexity index is 2050. The summed E-state index contributed by atoms with van der Waals surface area (Å²) < 4.78 is 48.6. The van der Waals surface area contributed by atoms with Crippen molar-refractivity contribution in [2.24, 2.45) is 17.3 Å². The summed E-state index contributed by atoms with van der Waals surface area (Å²) in [6.07, 6.45) is 9.04. The van der Waals surface area contributed by atoms with Gasteiger partial charge >= 0.3 is 0 Å². The third-order valence-electron chi connectivity index (χ3n) is 11.6. The number of hydrogen-bond acceptors (Lipinski definition) is 7. The lowest BCUT2D eigenvalue weighted by Gasteiger charge is -2.29. The van der Waals surface area contributed by atoms with Gasteiger partial charge in [0.05, 0.1) is 33.7 Å². The minimum Gasteiger partial charge on any atom is -0.488 e. The van der Waals surface area contributed by atoms with Crippen molar-refractivity contribution in [1.82, 2.24) is 14.6 Å². The van der Waals surface area contributed by atoms with E-state index in [2.05, 4.69) is 18.9 Å². The first-order chi connectivity index (χ1) is 24.8. The molecule has 3 aromatic rings. The maximum absolute atomic E-state index is 14.7. The van der Waals surface area contributed by atoms with Crippen LogP contribution in [0.2, 0.25) is 0 Å². The number of aromatic nitrogens is 1. The molecule has 2 amide bonds. The summed E-state index contributed by atoms with van der Waals surface area (Å²) in [7, 11) is -1.31. The number of rotatable bonds is 7. The molecule has 1 saturated heterocycles. The molecule has 6 atom stereocenters. The molecule has 4 aliphatic rings. The number of ether oxygens (including phenoxy) is 1. The zero-order valence-electron chi connectivity index (χ0n) is 29.8. The number of halogens is 1. The van der Waals surface area contributed by atoms with Gasteiger partial charge in [-0.2, -0.15) is 0 Å². The number of ketones is 1. The Balaban J connectivity index is 1.21. The van der Waals surface area contributed by atoms with Crippen LogP contribution in [0.1, 0.15) is 82.3 Å². The SMILES string of the molecule is Cc1ccc2c(O[C@@H]3C[C@H]4C(=O)C[C@]5(C(=O)NS(=O)(=O)C6(C)CC6)C[C@H]5/C=C\CCCCC[C@H](Cc5cccc(F)c5)C(=O)N4C3)cc(P)nc2c1. The molecule has 12 heteroatoms. The highest BCUT2D eigenvalue weighted by Crippen LogP contribution is 2.57.